The zero-order chi connectivity index (χ0) is 13.0. The highest BCUT2D eigenvalue weighted by molar-refractivity contribution is 5.80. The van der Waals surface area contributed by atoms with Gasteiger partial charge in [-0.15, -0.1) is 0 Å². The van der Waals surface area contributed by atoms with Crippen molar-refractivity contribution in [3.63, 3.8) is 0 Å². The van der Waals surface area contributed by atoms with Crippen molar-refractivity contribution >= 4 is 12.1 Å². The zero-order valence-corrected chi connectivity index (χ0v) is 10.3. The summed E-state index contributed by atoms with van der Waals surface area (Å²) in [5, 5.41) is 11.5. The van der Waals surface area contributed by atoms with Crippen LogP contribution in [-0.2, 0) is 14.3 Å². The number of alkyl carbamates (subject to hydrolysis) is 1. The summed E-state index contributed by atoms with van der Waals surface area (Å²) in [6.45, 7) is 3.80. The molecule has 1 rings (SSSR count). The molecule has 2 N–H and O–H groups in total. The third-order valence-electron chi connectivity index (χ3n) is 2.93. The van der Waals surface area contributed by atoms with Gasteiger partial charge in [-0.1, -0.05) is 0 Å². The lowest BCUT2D eigenvalue weighted by molar-refractivity contribution is -0.143. The van der Waals surface area contributed by atoms with Crippen LogP contribution in [0.5, 0.6) is 0 Å². The van der Waals surface area contributed by atoms with Crippen LogP contribution in [0.15, 0.2) is 0 Å². The van der Waals surface area contributed by atoms with Gasteiger partial charge in [-0.25, -0.2) is 9.59 Å². The molecule has 0 spiro atoms. The van der Waals surface area contributed by atoms with Gasteiger partial charge in [-0.3, -0.25) is 0 Å². The molecular formula is C11H19NO5. The molecule has 1 saturated heterocycles. The van der Waals surface area contributed by atoms with E-state index in [1.807, 2.05) is 13.8 Å². The molecule has 0 radical (unpaired) electrons. The summed E-state index contributed by atoms with van der Waals surface area (Å²) in [6.07, 6.45) is 0.524. The number of amides is 1. The molecule has 1 heterocycles. The number of carboxylic acid groups (broad SMARTS) is 1. The number of carbonyl (C=O) groups is 2. The Balaban J connectivity index is 2.69. The summed E-state index contributed by atoms with van der Waals surface area (Å²) in [7, 11) is 1.21. The molecule has 1 aliphatic heterocycles. The molecule has 0 aromatic carbocycles. The Hall–Kier alpha value is -1.30. The molecular weight excluding hydrogens is 226 g/mol. The topological polar surface area (TPSA) is 84.9 Å². The van der Waals surface area contributed by atoms with Crippen LogP contribution in [0.1, 0.15) is 26.7 Å². The van der Waals surface area contributed by atoms with E-state index in [0.29, 0.717) is 12.8 Å². The Morgan fingerprint density at radius 1 is 1.35 bits per heavy atom. The summed E-state index contributed by atoms with van der Waals surface area (Å²) in [4.78, 5) is 22.3. The third-order valence-corrected chi connectivity index (χ3v) is 2.93. The SMILES string of the molecule is COC(=O)NC(C(=O)O)C1C[C@@H](C)O[C@H](C)C1. The highest BCUT2D eigenvalue weighted by atomic mass is 16.5. The molecule has 0 aliphatic carbocycles. The minimum atomic E-state index is -1.04. The number of rotatable bonds is 3. The molecule has 17 heavy (non-hydrogen) atoms. The van der Waals surface area contributed by atoms with Crippen LogP contribution in [0.25, 0.3) is 0 Å². The fourth-order valence-corrected chi connectivity index (χ4v) is 2.30. The molecule has 1 unspecified atom stereocenters. The standard InChI is InChI=1S/C11H19NO5/c1-6-4-8(5-7(2)17-6)9(10(13)14)12-11(15)16-3/h6-9H,4-5H2,1-3H3,(H,12,15)(H,13,14)/t6-,7-,9?/m1/s1. The van der Waals surface area contributed by atoms with Crippen molar-refractivity contribution in [2.24, 2.45) is 5.92 Å². The Morgan fingerprint density at radius 3 is 2.29 bits per heavy atom. The highest BCUT2D eigenvalue weighted by Crippen LogP contribution is 2.27. The number of hydrogen-bond donors (Lipinski definition) is 2. The van der Waals surface area contributed by atoms with E-state index in [4.69, 9.17) is 9.84 Å². The van der Waals surface area contributed by atoms with E-state index in [9.17, 15) is 9.59 Å². The summed E-state index contributed by atoms with van der Waals surface area (Å²) in [5.41, 5.74) is 0. The molecule has 1 amide bonds. The van der Waals surface area contributed by atoms with E-state index in [1.54, 1.807) is 0 Å². The number of methoxy groups -OCH3 is 1. The van der Waals surface area contributed by atoms with Crippen molar-refractivity contribution in [1.82, 2.24) is 5.32 Å². The fourth-order valence-electron chi connectivity index (χ4n) is 2.30. The van der Waals surface area contributed by atoms with E-state index in [0.717, 1.165) is 0 Å². The molecule has 0 bridgehead atoms. The first-order valence-electron chi connectivity index (χ1n) is 5.66. The van der Waals surface area contributed by atoms with Crippen LogP contribution in [-0.4, -0.2) is 42.5 Å². The average molecular weight is 245 g/mol. The van der Waals surface area contributed by atoms with Crippen molar-refractivity contribution in [2.75, 3.05) is 7.11 Å². The number of ether oxygens (including phenoxy) is 2. The first-order chi connectivity index (χ1) is 7.93. The first-order valence-corrected chi connectivity index (χ1v) is 5.66. The second kappa shape index (κ2) is 5.86. The van der Waals surface area contributed by atoms with Crippen LogP contribution < -0.4 is 5.32 Å². The van der Waals surface area contributed by atoms with Crippen molar-refractivity contribution in [1.29, 1.82) is 0 Å². The van der Waals surface area contributed by atoms with Gasteiger partial charge in [0, 0.05) is 0 Å². The number of aliphatic carboxylic acids is 1. The van der Waals surface area contributed by atoms with Gasteiger partial charge >= 0.3 is 12.1 Å². The van der Waals surface area contributed by atoms with Crippen LogP contribution in [0.2, 0.25) is 0 Å². The number of carbonyl (C=O) groups excluding carboxylic acids is 1. The monoisotopic (exact) mass is 245 g/mol. The van der Waals surface area contributed by atoms with Gasteiger partial charge in [-0.2, -0.15) is 0 Å². The van der Waals surface area contributed by atoms with Crippen molar-refractivity contribution < 1.29 is 24.2 Å². The maximum absolute atomic E-state index is 11.2. The Labute approximate surface area is 100 Å². The molecule has 0 aromatic heterocycles. The molecule has 0 saturated carbocycles. The van der Waals surface area contributed by atoms with Crippen LogP contribution in [0.4, 0.5) is 4.79 Å². The molecule has 1 aliphatic rings. The lowest BCUT2D eigenvalue weighted by atomic mass is 9.86. The third kappa shape index (κ3) is 3.89. The summed E-state index contributed by atoms with van der Waals surface area (Å²) in [6, 6.07) is -0.920. The van der Waals surface area contributed by atoms with Crippen molar-refractivity contribution in [3.8, 4) is 0 Å². The quantitative estimate of drug-likeness (QED) is 0.774. The molecule has 0 aromatic rings. The minimum absolute atomic E-state index is 0.00467. The van der Waals surface area contributed by atoms with E-state index in [1.165, 1.54) is 7.11 Å². The highest BCUT2D eigenvalue weighted by Gasteiger charge is 2.35. The van der Waals surface area contributed by atoms with Gasteiger partial charge in [0.2, 0.25) is 0 Å². The van der Waals surface area contributed by atoms with Gasteiger partial charge in [-0.05, 0) is 32.6 Å². The second-order valence-corrected chi connectivity index (χ2v) is 4.44. The van der Waals surface area contributed by atoms with Crippen molar-refractivity contribution in [2.45, 2.75) is 44.9 Å². The molecule has 6 heteroatoms. The number of nitrogens with one attached hydrogen (secondary N) is 1. The summed E-state index contributed by atoms with van der Waals surface area (Å²) in [5.74, 6) is -1.17. The molecule has 98 valence electrons. The maximum Gasteiger partial charge on any atom is 0.407 e. The van der Waals surface area contributed by atoms with Crippen molar-refractivity contribution in [3.05, 3.63) is 0 Å². The predicted molar refractivity (Wildman–Crippen MR) is 59.7 cm³/mol. The van der Waals surface area contributed by atoms with E-state index < -0.39 is 18.1 Å². The maximum atomic E-state index is 11.2. The average Bonchev–Trinajstić information content (AvgIpc) is 2.23. The Bertz CT molecular complexity index is 284. The van der Waals surface area contributed by atoms with Gasteiger partial charge in [0.05, 0.1) is 19.3 Å². The number of hydrogen-bond acceptors (Lipinski definition) is 4. The van der Waals surface area contributed by atoms with Gasteiger partial charge in [0.1, 0.15) is 6.04 Å². The first kappa shape index (κ1) is 13.8. The van der Waals surface area contributed by atoms with Gasteiger partial charge in [0.15, 0.2) is 0 Å². The number of carboxylic acids is 1. The molecule has 1 fully saturated rings. The Morgan fingerprint density at radius 2 is 1.88 bits per heavy atom. The van der Waals surface area contributed by atoms with Gasteiger partial charge in [0.25, 0.3) is 0 Å². The minimum Gasteiger partial charge on any atom is -0.480 e. The van der Waals surface area contributed by atoms with Gasteiger partial charge < -0.3 is 19.9 Å². The van der Waals surface area contributed by atoms with E-state index in [2.05, 4.69) is 10.1 Å². The summed E-state index contributed by atoms with van der Waals surface area (Å²) < 4.78 is 9.97. The predicted octanol–water partition coefficient (Wildman–Crippen LogP) is 0.999. The second-order valence-electron chi connectivity index (χ2n) is 4.44. The lowest BCUT2D eigenvalue weighted by Crippen LogP contribution is -2.49. The molecule has 6 nitrogen and oxygen atoms in total. The fraction of sp³-hybridized carbons (Fsp3) is 0.818. The van der Waals surface area contributed by atoms with Crippen LogP contribution in [0, 0.1) is 5.92 Å². The normalized spacial score (nSPS) is 30.4. The zero-order valence-electron chi connectivity index (χ0n) is 10.3. The van der Waals surface area contributed by atoms with Crippen LogP contribution >= 0.6 is 0 Å². The van der Waals surface area contributed by atoms with Crippen LogP contribution in [0.3, 0.4) is 0 Å². The summed E-state index contributed by atoms with van der Waals surface area (Å²) >= 11 is 0. The smallest absolute Gasteiger partial charge is 0.407 e. The van der Waals surface area contributed by atoms with E-state index >= 15 is 0 Å². The lowest BCUT2D eigenvalue weighted by Gasteiger charge is -2.35. The molecule has 3 atom stereocenters. The Kier molecular flexibility index (Phi) is 4.74. The largest absolute Gasteiger partial charge is 0.480 e. The van der Waals surface area contributed by atoms with E-state index in [-0.39, 0.29) is 18.1 Å².